The van der Waals surface area contributed by atoms with E-state index in [1.165, 1.54) is 13.8 Å². The first-order valence-electron chi connectivity index (χ1n) is 5.63. The van der Waals surface area contributed by atoms with Crippen molar-refractivity contribution in [1.82, 2.24) is 9.62 Å². The van der Waals surface area contributed by atoms with Gasteiger partial charge in [0.15, 0.2) is 4.75 Å². The fraction of sp³-hybridized carbons (Fsp3) is 0.900. The van der Waals surface area contributed by atoms with Crippen molar-refractivity contribution in [1.29, 1.82) is 0 Å². The number of unbranched alkanes of at least 4 members (excludes halogenated alkanes) is 1. The summed E-state index contributed by atoms with van der Waals surface area (Å²) >= 11 is 0. The van der Waals surface area contributed by atoms with Crippen molar-refractivity contribution < 1.29 is 13.2 Å². The van der Waals surface area contributed by atoms with Gasteiger partial charge in [0.1, 0.15) is 0 Å². The van der Waals surface area contributed by atoms with Crippen molar-refractivity contribution in [2.45, 2.75) is 38.4 Å². The first-order chi connectivity index (χ1) is 7.35. The number of amides is 1. The minimum absolute atomic E-state index is 0.282. The lowest BCUT2D eigenvalue weighted by molar-refractivity contribution is -0.132. The van der Waals surface area contributed by atoms with Gasteiger partial charge in [0, 0.05) is 6.54 Å². The van der Waals surface area contributed by atoms with Crippen molar-refractivity contribution in [3.05, 3.63) is 0 Å². The van der Waals surface area contributed by atoms with Gasteiger partial charge < -0.3 is 5.32 Å². The van der Waals surface area contributed by atoms with Crippen LogP contribution in [-0.4, -0.2) is 43.0 Å². The molecule has 0 aliphatic carbocycles. The van der Waals surface area contributed by atoms with Gasteiger partial charge >= 0.3 is 0 Å². The van der Waals surface area contributed by atoms with Crippen LogP contribution in [0.25, 0.3) is 0 Å². The molecule has 1 amide bonds. The normalized spacial score (nSPS) is 21.9. The Labute approximate surface area is 97.2 Å². The predicted molar refractivity (Wildman–Crippen MR) is 62.5 cm³/mol. The summed E-state index contributed by atoms with van der Waals surface area (Å²) in [6.07, 6.45) is 1.60. The predicted octanol–water partition coefficient (Wildman–Crippen LogP) is 0.327. The Kier molecular flexibility index (Phi) is 3.96. The van der Waals surface area contributed by atoms with Crippen molar-refractivity contribution in [2.24, 2.45) is 0 Å². The summed E-state index contributed by atoms with van der Waals surface area (Å²) in [5.74, 6) is -0.282. The molecule has 0 bridgehead atoms. The summed E-state index contributed by atoms with van der Waals surface area (Å²) in [6.45, 7) is 7.03. The van der Waals surface area contributed by atoms with Gasteiger partial charge in [0.05, 0.1) is 0 Å². The zero-order chi connectivity index (χ0) is 12.4. The number of carbonyl (C=O) groups is 1. The number of nitrogens with zero attached hydrogens (tertiary/aromatic N) is 1. The van der Waals surface area contributed by atoms with E-state index in [1.54, 1.807) is 0 Å². The Bertz CT molecular complexity index is 362. The Morgan fingerprint density at radius 2 is 1.94 bits per heavy atom. The second-order valence-corrected chi connectivity index (χ2v) is 6.86. The van der Waals surface area contributed by atoms with Crippen LogP contribution in [0.15, 0.2) is 0 Å². The van der Waals surface area contributed by atoms with Gasteiger partial charge in [-0.1, -0.05) is 6.92 Å². The molecule has 1 saturated heterocycles. The van der Waals surface area contributed by atoms with Crippen LogP contribution < -0.4 is 5.32 Å². The third-order valence-electron chi connectivity index (χ3n) is 2.89. The average Bonchev–Trinajstić information content (AvgIpc) is 2.22. The summed E-state index contributed by atoms with van der Waals surface area (Å²) in [4.78, 5) is 11.5. The van der Waals surface area contributed by atoms with Crippen LogP contribution in [0.2, 0.25) is 0 Å². The molecule has 0 atom stereocenters. The molecule has 6 heteroatoms. The molecule has 1 N–H and O–H groups in total. The second-order valence-electron chi connectivity index (χ2n) is 4.45. The van der Waals surface area contributed by atoms with Crippen molar-refractivity contribution >= 4 is 15.9 Å². The topological polar surface area (TPSA) is 66.5 Å². The second kappa shape index (κ2) is 4.71. The smallest absolute Gasteiger partial charge is 0.258 e. The summed E-state index contributed by atoms with van der Waals surface area (Å²) in [6, 6.07) is 0. The Balaban J connectivity index is 2.38. The fourth-order valence-electron chi connectivity index (χ4n) is 1.66. The van der Waals surface area contributed by atoms with E-state index in [1.807, 2.05) is 6.92 Å². The molecule has 94 valence electrons. The zero-order valence-corrected chi connectivity index (χ0v) is 10.9. The van der Waals surface area contributed by atoms with Crippen LogP contribution in [0.1, 0.15) is 33.6 Å². The number of nitrogens with one attached hydrogen (secondary N) is 1. The SMILES string of the molecule is CCNCCCCN1C(=O)C(C)(C)S1(=O)=O. The highest BCUT2D eigenvalue weighted by atomic mass is 32.2. The lowest BCUT2D eigenvalue weighted by atomic mass is 10.2. The maximum absolute atomic E-state index is 11.7. The van der Waals surface area contributed by atoms with Crippen molar-refractivity contribution in [2.75, 3.05) is 19.6 Å². The Morgan fingerprint density at radius 1 is 1.31 bits per heavy atom. The molecule has 1 rings (SSSR count). The fourth-order valence-corrected chi connectivity index (χ4v) is 3.23. The van der Waals surface area contributed by atoms with Gasteiger partial charge in [-0.05, 0) is 39.8 Å². The van der Waals surface area contributed by atoms with Gasteiger partial charge in [-0.15, -0.1) is 0 Å². The first-order valence-corrected chi connectivity index (χ1v) is 7.07. The quantitative estimate of drug-likeness (QED) is 0.688. The number of rotatable bonds is 6. The van der Waals surface area contributed by atoms with Crippen molar-refractivity contribution in [3.8, 4) is 0 Å². The summed E-state index contributed by atoms with van der Waals surface area (Å²) in [5, 5.41) is 3.15. The monoisotopic (exact) mass is 248 g/mol. The lowest BCUT2D eigenvalue weighted by Crippen LogP contribution is -2.67. The third kappa shape index (κ3) is 2.08. The largest absolute Gasteiger partial charge is 0.317 e. The zero-order valence-electron chi connectivity index (χ0n) is 10.1. The van der Waals surface area contributed by atoms with E-state index >= 15 is 0 Å². The molecular weight excluding hydrogens is 228 g/mol. The van der Waals surface area contributed by atoms with Gasteiger partial charge in [-0.2, -0.15) is 0 Å². The van der Waals surface area contributed by atoms with E-state index < -0.39 is 14.8 Å². The summed E-state index contributed by atoms with van der Waals surface area (Å²) in [7, 11) is -3.38. The van der Waals surface area contributed by atoms with Gasteiger partial charge in [0.25, 0.3) is 15.9 Å². The summed E-state index contributed by atoms with van der Waals surface area (Å²) in [5.41, 5.74) is 0. The number of hydrogen-bond acceptors (Lipinski definition) is 4. The molecule has 5 nitrogen and oxygen atoms in total. The molecule has 1 aliphatic heterocycles. The van der Waals surface area contributed by atoms with E-state index in [4.69, 9.17) is 0 Å². The Morgan fingerprint density at radius 3 is 2.44 bits per heavy atom. The van der Waals surface area contributed by atoms with E-state index in [0.29, 0.717) is 13.0 Å². The highest BCUT2D eigenvalue weighted by molar-refractivity contribution is 7.94. The maximum atomic E-state index is 11.7. The van der Waals surface area contributed by atoms with Gasteiger partial charge in [-0.3, -0.25) is 4.79 Å². The Hall–Kier alpha value is -0.620. The molecule has 0 radical (unpaired) electrons. The highest BCUT2D eigenvalue weighted by Crippen LogP contribution is 2.34. The average molecular weight is 248 g/mol. The maximum Gasteiger partial charge on any atom is 0.258 e. The molecule has 1 heterocycles. The van der Waals surface area contributed by atoms with E-state index in [-0.39, 0.29) is 5.91 Å². The van der Waals surface area contributed by atoms with Gasteiger partial charge in [0.2, 0.25) is 0 Å². The van der Waals surface area contributed by atoms with E-state index in [0.717, 1.165) is 23.8 Å². The standard InChI is InChI=1S/C10H20N2O3S/c1-4-11-7-5-6-8-12-9(13)10(2,3)16(12,14)15/h11H,4-8H2,1-3H3. The highest BCUT2D eigenvalue weighted by Gasteiger charge is 2.59. The number of hydrogen-bond donors (Lipinski definition) is 1. The van der Waals surface area contributed by atoms with E-state index in [9.17, 15) is 13.2 Å². The molecule has 0 spiro atoms. The molecule has 1 fully saturated rings. The third-order valence-corrected chi connectivity index (χ3v) is 5.28. The number of carbonyl (C=O) groups excluding carboxylic acids is 1. The van der Waals surface area contributed by atoms with Crippen LogP contribution in [0, 0.1) is 0 Å². The lowest BCUT2D eigenvalue weighted by Gasteiger charge is -2.43. The molecule has 0 aromatic carbocycles. The molecule has 0 saturated carbocycles. The van der Waals surface area contributed by atoms with Gasteiger partial charge in [-0.25, -0.2) is 12.7 Å². The van der Waals surface area contributed by atoms with Crippen LogP contribution >= 0.6 is 0 Å². The minimum Gasteiger partial charge on any atom is -0.317 e. The molecule has 1 aliphatic rings. The van der Waals surface area contributed by atoms with Crippen LogP contribution in [0.4, 0.5) is 0 Å². The molecule has 16 heavy (non-hydrogen) atoms. The molecule has 0 aromatic heterocycles. The van der Waals surface area contributed by atoms with Crippen molar-refractivity contribution in [3.63, 3.8) is 0 Å². The van der Waals surface area contributed by atoms with E-state index in [2.05, 4.69) is 5.32 Å². The molecule has 0 aromatic rings. The first kappa shape index (κ1) is 13.4. The number of sulfonamides is 1. The molecular formula is C10H20N2O3S. The summed E-state index contributed by atoms with van der Waals surface area (Å²) < 4.78 is 23.2. The van der Waals surface area contributed by atoms with Crippen LogP contribution in [0.3, 0.4) is 0 Å². The van der Waals surface area contributed by atoms with Crippen LogP contribution in [-0.2, 0) is 14.8 Å². The minimum atomic E-state index is -3.38. The van der Waals surface area contributed by atoms with Crippen LogP contribution in [0.5, 0.6) is 0 Å². The molecule has 0 unspecified atom stereocenters.